The van der Waals surface area contributed by atoms with Crippen LogP contribution in [-0.4, -0.2) is 37.7 Å². The quantitative estimate of drug-likeness (QED) is 0.757. The van der Waals surface area contributed by atoms with Gasteiger partial charge >= 0.3 is 0 Å². The van der Waals surface area contributed by atoms with E-state index < -0.39 is 16.1 Å². The van der Waals surface area contributed by atoms with Crippen molar-refractivity contribution < 1.29 is 18.0 Å². The zero-order valence-electron chi connectivity index (χ0n) is 15.4. The summed E-state index contributed by atoms with van der Waals surface area (Å²) in [5.74, 6) is -0.306. The van der Waals surface area contributed by atoms with Crippen LogP contribution in [0.5, 0.6) is 0 Å². The van der Waals surface area contributed by atoms with Crippen molar-refractivity contribution in [1.29, 1.82) is 0 Å². The van der Waals surface area contributed by atoms with E-state index in [2.05, 4.69) is 5.32 Å². The maximum atomic E-state index is 12.6. The third-order valence-corrected chi connectivity index (χ3v) is 5.68. The molecule has 0 spiro atoms. The number of benzene rings is 2. The predicted molar refractivity (Wildman–Crippen MR) is 105 cm³/mol. The average molecular weight is 401 g/mol. The number of likely N-dealkylation sites (tertiary alicyclic amines) is 1. The Kier molecular flexibility index (Phi) is 6.11. The fourth-order valence-corrected chi connectivity index (χ4v) is 3.93. The number of nitrogens with two attached hydrogens (primary N) is 1. The van der Waals surface area contributed by atoms with Gasteiger partial charge in [0.1, 0.15) is 6.04 Å². The molecule has 0 aliphatic carbocycles. The van der Waals surface area contributed by atoms with E-state index >= 15 is 0 Å². The molecule has 1 atom stereocenters. The van der Waals surface area contributed by atoms with Gasteiger partial charge in [0.15, 0.2) is 0 Å². The SMILES string of the molecule is NS(=O)(=O)c1cccc(CNC(=O)C2CCCN2C(=O)Cc2ccccc2)c1. The zero-order valence-corrected chi connectivity index (χ0v) is 16.2. The maximum absolute atomic E-state index is 12.6. The summed E-state index contributed by atoms with van der Waals surface area (Å²) in [4.78, 5) is 26.9. The lowest BCUT2D eigenvalue weighted by Crippen LogP contribution is -2.46. The minimum atomic E-state index is -3.79. The second kappa shape index (κ2) is 8.53. The second-order valence-corrected chi connectivity index (χ2v) is 8.38. The molecule has 1 aliphatic heterocycles. The van der Waals surface area contributed by atoms with Crippen molar-refractivity contribution in [3.05, 3.63) is 65.7 Å². The number of sulfonamides is 1. The summed E-state index contributed by atoms with van der Waals surface area (Å²) in [6.45, 7) is 0.726. The minimum Gasteiger partial charge on any atom is -0.350 e. The van der Waals surface area contributed by atoms with Gasteiger partial charge in [-0.2, -0.15) is 0 Å². The highest BCUT2D eigenvalue weighted by Crippen LogP contribution is 2.19. The third-order valence-electron chi connectivity index (χ3n) is 4.77. The maximum Gasteiger partial charge on any atom is 0.243 e. The molecule has 2 aromatic carbocycles. The monoisotopic (exact) mass is 401 g/mol. The van der Waals surface area contributed by atoms with Crippen molar-refractivity contribution in [3.63, 3.8) is 0 Å². The second-order valence-electron chi connectivity index (χ2n) is 6.82. The molecular formula is C20H23N3O4S. The van der Waals surface area contributed by atoms with Crippen molar-refractivity contribution in [2.24, 2.45) is 5.14 Å². The van der Waals surface area contributed by atoms with E-state index in [1.165, 1.54) is 12.1 Å². The molecule has 1 unspecified atom stereocenters. The van der Waals surface area contributed by atoms with Gasteiger partial charge in [-0.3, -0.25) is 9.59 Å². The minimum absolute atomic E-state index is 0.000203. The van der Waals surface area contributed by atoms with Crippen molar-refractivity contribution in [2.45, 2.75) is 36.7 Å². The van der Waals surface area contributed by atoms with E-state index in [0.29, 0.717) is 18.5 Å². The van der Waals surface area contributed by atoms with E-state index in [1.807, 2.05) is 30.3 Å². The number of carbonyl (C=O) groups excluding carboxylic acids is 2. The van der Waals surface area contributed by atoms with Crippen LogP contribution >= 0.6 is 0 Å². The fourth-order valence-electron chi connectivity index (χ4n) is 3.35. The summed E-state index contributed by atoms with van der Waals surface area (Å²) in [5.41, 5.74) is 1.54. The van der Waals surface area contributed by atoms with Gasteiger partial charge in [0.05, 0.1) is 11.3 Å². The van der Waals surface area contributed by atoms with Gasteiger partial charge in [-0.1, -0.05) is 42.5 Å². The molecule has 0 bridgehead atoms. The topological polar surface area (TPSA) is 110 Å². The van der Waals surface area contributed by atoms with Crippen LogP contribution in [0.25, 0.3) is 0 Å². The lowest BCUT2D eigenvalue weighted by molar-refractivity contribution is -0.138. The summed E-state index contributed by atoms with van der Waals surface area (Å²) in [5, 5.41) is 7.94. The first kappa shape index (κ1) is 20.0. The fraction of sp³-hybridized carbons (Fsp3) is 0.300. The molecular weight excluding hydrogens is 378 g/mol. The smallest absolute Gasteiger partial charge is 0.243 e. The number of hydrogen-bond acceptors (Lipinski definition) is 4. The molecule has 148 valence electrons. The Labute approximate surface area is 164 Å². The highest BCUT2D eigenvalue weighted by molar-refractivity contribution is 7.89. The van der Waals surface area contributed by atoms with Crippen molar-refractivity contribution in [1.82, 2.24) is 10.2 Å². The van der Waals surface area contributed by atoms with Crippen molar-refractivity contribution in [3.8, 4) is 0 Å². The molecule has 0 saturated carbocycles. The molecule has 3 rings (SSSR count). The summed E-state index contributed by atoms with van der Waals surface area (Å²) >= 11 is 0. The van der Waals surface area contributed by atoms with Gasteiger partial charge in [-0.05, 0) is 36.1 Å². The molecule has 3 N–H and O–H groups in total. The van der Waals surface area contributed by atoms with E-state index in [-0.39, 0.29) is 29.7 Å². The van der Waals surface area contributed by atoms with Gasteiger partial charge in [-0.15, -0.1) is 0 Å². The predicted octanol–water partition coefficient (Wildman–Crippen LogP) is 1.18. The largest absolute Gasteiger partial charge is 0.350 e. The molecule has 8 heteroatoms. The van der Waals surface area contributed by atoms with Crippen LogP contribution in [0, 0.1) is 0 Å². The number of primary sulfonamides is 1. The van der Waals surface area contributed by atoms with Crippen LogP contribution in [0.2, 0.25) is 0 Å². The number of hydrogen-bond donors (Lipinski definition) is 2. The van der Waals surface area contributed by atoms with Gasteiger partial charge in [-0.25, -0.2) is 13.6 Å². The Bertz CT molecular complexity index is 960. The molecule has 1 fully saturated rings. The first-order valence-corrected chi connectivity index (χ1v) is 10.6. The van der Waals surface area contributed by atoms with Crippen molar-refractivity contribution in [2.75, 3.05) is 6.54 Å². The Balaban J connectivity index is 1.61. The van der Waals surface area contributed by atoms with Crippen LogP contribution < -0.4 is 10.5 Å². The van der Waals surface area contributed by atoms with E-state index in [0.717, 1.165) is 12.0 Å². The number of nitrogens with zero attached hydrogens (tertiary/aromatic N) is 1. The number of rotatable bonds is 6. The van der Waals surface area contributed by atoms with Crippen LogP contribution in [-0.2, 0) is 32.6 Å². The average Bonchev–Trinajstić information content (AvgIpc) is 3.16. The number of amides is 2. The van der Waals surface area contributed by atoms with Crippen LogP contribution in [0.3, 0.4) is 0 Å². The molecule has 1 aliphatic rings. The molecule has 0 radical (unpaired) electrons. The summed E-state index contributed by atoms with van der Waals surface area (Å²) in [6, 6.07) is 15.1. The van der Waals surface area contributed by atoms with Crippen LogP contribution in [0.1, 0.15) is 24.0 Å². The summed E-state index contributed by atoms with van der Waals surface area (Å²) in [6.07, 6.45) is 1.66. The summed E-state index contributed by atoms with van der Waals surface area (Å²) in [7, 11) is -3.79. The number of nitrogens with one attached hydrogen (secondary N) is 1. The van der Waals surface area contributed by atoms with Gasteiger partial charge in [0.25, 0.3) is 0 Å². The van der Waals surface area contributed by atoms with E-state index in [4.69, 9.17) is 5.14 Å². The van der Waals surface area contributed by atoms with Crippen molar-refractivity contribution >= 4 is 21.8 Å². The Morgan fingerprint density at radius 2 is 1.79 bits per heavy atom. The van der Waals surface area contributed by atoms with Gasteiger partial charge in [0.2, 0.25) is 21.8 Å². The first-order chi connectivity index (χ1) is 13.3. The van der Waals surface area contributed by atoms with Crippen LogP contribution in [0.4, 0.5) is 0 Å². The molecule has 2 amide bonds. The lowest BCUT2D eigenvalue weighted by atomic mass is 10.1. The van der Waals surface area contributed by atoms with Crippen LogP contribution in [0.15, 0.2) is 59.5 Å². The van der Waals surface area contributed by atoms with Gasteiger partial charge in [0, 0.05) is 13.1 Å². The normalized spacial score (nSPS) is 16.8. The summed E-state index contributed by atoms with van der Waals surface area (Å²) < 4.78 is 22.9. The lowest BCUT2D eigenvalue weighted by Gasteiger charge is -2.24. The highest BCUT2D eigenvalue weighted by Gasteiger charge is 2.33. The molecule has 2 aromatic rings. The molecule has 7 nitrogen and oxygen atoms in total. The molecule has 1 saturated heterocycles. The first-order valence-electron chi connectivity index (χ1n) is 9.07. The third kappa shape index (κ3) is 4.96. The molecule has 28 heavy (non-hydrogen) atoms. The molecule has 1 heterocycles. The standard InChI is InChI=1S/C20H23N3O4S/c21-28(26,27)17-9-4-8-16(12-17)14-22-20(25)18-10-5-11-23(18)19(24)13-15-6-2-1-3-7-15/h1-4,6-9,12,18H,5,10-11,13-14H2,(H,22,25)(H2,21,26,27). The van der Waals surface area contributed by atoms with E-state index in [1.54, 1.807) is 17.0 Å². The van der Waals surface area contributed by atoms with E-state index in [9.17, 15) is 18.0 Å². The Hall–Kier alpha value is -2.71. The molecule has 0 aromatic heterocycles. The highest BCUT2D eigenvalue weighted by atomic mass is 32.2. The Morgan fingerprint density at radius 3 is 2.50 bits per heavy atom. The van der Waals surface area contributed by atoms with Gasteiger partial charge < -0.3 is 10.2 Å². The zero-order chi connectivity index (χ0) is 20.1. The number of carbonyl (C=O) groups is 2. The Morgan fingerprint density at radius 1 is 1.07 bits per heavy atom.